The van der Waals surface area contributed by atoms with Gasteiger partial charge in [0.1, 0.15) is 0 Å². The van der Waals surface area contributed by atoms with Crippen molar-refractivity contribution in [1.82, 2.24) is 0 Å². The topological polar surface area (TPSA) is 0 Å². The van der Waals surface area contributed by atoms with E-state index < -0.39 is 0 Å². The summed E-state index contributed by atoms with van der Waals surface area (Å²) in [7, 11) is 0.489. The van der Waals surface area contributed by atoms with E-state index in [4.69, 9.17) is 11.1 Å². The van der Waals surface area contributed by atoms with Gasteiger partial charge in [0.05, 0.1) is 0 Å². The van der Waals surface area contributed by atoms with Crippen molar-refractivity contribution in [1.29, 1.82) is 0 Å². The van der Waals surface area contributed by atoms with E-state index in [1.807, 2.05) is 0 Å². The predicted octanol–water partition coefficient (Wildman–Crippen LogP) is 3.59. The molecule has 1 aromatic carbocycles. The van der Waals surface area contributed by atoms with Crippen LogP contribution in [-0.2, 0) is 0 Å². The Balaban J connectivity index is 2.81. The maximum Gasteiger partial charge on any atom is 0.175 e. The number of allylic oxidation sites excluding steroid dienone is 1. The van der Waals surface area contributed by atoms with Crippen molar-refractivity contribution in [3.8, 4) is 0 Å². The van der Waals surface area contributed by atoms with Crippen LogP contribution in [0.15, 0.2) is 24.3 Å². The molecule has 1 rings (SSSR count). The highest BCUT2D eigenvalue weighted by molar-refractivity contribution is 6.93. The summed E-state index contributed by atoms with van der Waals surface area (Å²) in [6.45, 7) is 4.24. The molecule has 0 atom stereocenters. The molecule has 0 aromatic heterocycles. The summed E-state index contributed by atoms with van der Waals surface area (Å²) in [5.74, 6) is 0. The summed E-state index contributed by atoms with van der Waals surface area (Å²) in [4.78, 5) is 0. The van der Waals surface area contributed by atoms with Crippen molar-refractivity contribution in [2.24, 2.45) is 0 Å². The van der Waals surface area contributed by atoms with Gasteiger partial charge in [0.25, 0.3) is 0 Å². The highest BCUT2D eigenvalue weighted by Gasteiger charge is 1.93. The van der Waals surface area contributed by atoms with E-state index in [-0.39, 0.29) is 0 Å². The van der Waals surface area contributed by atoms with E-state index in [9.17, 15) is 0 Å². The van der Waals surface area contributed by atoms with Crippen LogP contribution in [0.5, 0.6) is 0 Å². The Morgan fingerprint density at radius 2 is 2.15 bits per heavy atom. The normalized spacial score (nSPS) is 11.0. The van der Waals surface area contributed by atoms with Gasteiger partial charge in [0.2, 0.25) is 0 Å². The number of hydrogen-bond acceptors (Lipinski definition) is 0. The van der Waals surface area contributed by atoms with Crippen LogP contribution in [0.1, 0.15) is 16.7 Å². The Kier molecular flexibility index (Phi) is 4.26. The SMILES string of the molecule is Cc1ccc(C)c(C=CC[Si]Cl)c1. The Labute approximate surface area is 87.1 Å². The molecule has 0 spiro atoms. The van der Waals surface area contributed by atoms with Crippen molar-refractivity contribution in [3.63, 3.8) is 0 Å². The third-order valence-electron chi connectivity index (χ3n) is 1.93. The van der Waals surface area contributed by atoms with Gasteiger partial charge in [0, 0.05) is 0 Å². The lowest BCUT2D eigenvalue weighted by atomic mass is 10.1. The number of hydrogen-bond donors (Lipinski definition) is 0. The Morgan fingerprint density at radius 3 is 2.85 bits per heavy atom. The maximum absolute atomic E-state index is 5.62. The molecule has 0 aliphatic carbocycles. The third-order valence-corrected chi connectivity index (χ3v) is 2.78. The van der Waals surface area contributed by atoms with Crippen molar-refractivity contribution in [2.75, 3.05) is 0 Å². The second-order valence-electron chi connectivity index (χ2n) is 3.10. The average Bonchev–Trinajstić information content (AvgIpc) is 2.11. The van der Waals surface area contributed by atoms with E-state index >= 15 is 0 Å². The lowest BCUT2D eigenvalue weighted by molar-refractivity contribution is 1.37. The number of rotatable bonds is 3. The molecule has 0 bridgehead atoms. The zero-order valence-electron chi connectivity index (χ0n) is 7.97. The zero-order chi connectivity index (χ0) is 9.68. The molecule has 0 heterocycles. The number of aryl methyl sites for hydroxylation is 2. The molecule has 0 saturated carbocycles. The van der Waals surface area contributed by atoms with Crippen molar-refractivity contribution < 1.29 is 0 Å². The third kappa shape index (κ3) is 3.37. The van der Waals surface area contributed by atoms with E-state index in [0.29, 0.717) is 8.83 Å². The molecular weight excluding hydrogens is 196 g/mol. The Bertz CT molecular complexity index is 305. The van der Waals surface area contributed by atoms with Gasteiger partial charge in [-0.05, 0) is 31.0 Å². The summed E-state index contributed by atoms with van der Waals surface area (Å²) < 4.78 is 0. The zero-order valence-corrected chi connectivity index (χ0v) is 9.73. The fourth-order valence-electron chi connectivity index (χ4n) is 1.17. The van der Waals surface area contributed by atoms with Crippen LogP contribution in [0.4, 0.5) is 0 Å². The van der Waals surface area contributed by atoms with Gasteiger partial charge in [-0.1, -0.05) is 35.9 Å². The fourth-order valence-corrected chi connectivity index (χ4v) is 1.64. The fraction of sp³-hybridized carbons (Fsp3) is 0.273. The number of benzene rings is 1. The van der Waals surface area contributed by atoms with E-state index in [2.05, 4.69) is 44.2 Å². The van der Waals surface area contributed by atoms with Crippen molar-refractivity contribution in [2.45, 2.75) is 19.9 Å². The molecular formula is C11H13ClSi. The second kappa shape index (κ2) is 5.25. The predicted molar refractivity (Wildman–Crippen MR) is 61.4 cm³/mol. The lowest BCUT2D eigenvalue weighted by Crippen LogP contribution is -1.82. The highest BCUT2D eigenvalue weighted by atomic mass is 35.6. The van der Waals surface area contributed by atoms with Gasteiger partial charge in [-0.2, -0.15) is 11.1 Å². The first kappa shape index (κ1) is 10.5. The van der Waals surface area contributed by atoms with Crippen LogP contribution in [0.3, 0.4) is 0 Å². The van der Waals surface area contributed by atoms with Crippen LogP contribution in [0.25, 0.3) is 6.08 Å². The molecule has 0 aliphatic heterocycles. The Morgan fingerprint density at radius 1 is 1.38 bits per heavy atom. The number of halogens is 1. The summed E-state index contributed by atoms with van der Waals surface area (Å²) in [6, 6.07) is 7.45. The van der Waals surface area contributed by atoms with E-state index in [1.54, 1.807) is 0 Å². The first-order chi connectivity index (χ1) is 6.24. The molecule has 68 valence electrons. The quantitative estimate of drug-likeness (QED) is 0.526. The molecule has 1 aromatic rings. The van der Waals surface area contributed by atoms with Crippen LogP contribution in [0.2, 0.25) is 6.04 Å². The first-order valence-corrected chi connectivity index (χ1v) is 6.53. The molecule has 0 amide bonds. The molecule has 2 heteroatoms. The first-order valence-electron chi connectivity index (χ1n) is 4.31. The van der Waals surface area contributed by atoms with Crippen LogP contribution < -0.4 is 0 Å². The lowest BCUT2D eigenvalue weighted by Gasteiger charge is -2.00. The summed E-state index contributed by atoms with van der Waals surface area (Å²) >= 11 is 5.62. The van der Waals surface area contributed by atoms with Gasteiger partial charge in [0.15, 0.2) is 8.83 Å². The molecule has 0 aliphatic rings. The van der Waals surface area contributed by atoms with Gasteiger partial charge in [-0.3, -0.25) is 0 Å². The molecule has 13 heavy (non-hydrogen) atoms. The monoisotopic (exact) mass is 208 g/mol. The summed E-state index contributed by atoms with van der Waals surface area (Å²) in [6.07, 6.45) is 4.28. The van der Waals surface area contributed by atoms with Crippen molar-refractivity contribution >= 4 is 26.0 Å². The molecule has 0 N–H and O–H groups in total. The largest absolute Gasteiger partial charge is 0.175 e. The van der Waals surface area contributed by atoms with Gasteiger partial charge in [-0.15, -0.1) is 0 Å². The smallest absolute Gasteiger partial charge is 0.171 e. The van der Waals surface area contributed by atoms with Crippen molar-refractivity contribution in [3.05, 3.63) is 41.0 Å². The van der Waals surface area contributed by atoms with Gasteiger partial charge < -0.3 is 0 Å². The minimum atomic E-state index is 0.489. The van der Waals surface area contributed by atoms with E-state index in [0.717, 1.165) is 6.04 Å². The van der Waals surface area contributed by atoms with E-state index in [1.165, 1.54) is 16.7 Å². The Hall–Kier alpha value is -0.533. The van der Waals surface area contributed by atoms with Gasteiger partial charge in [-0.25, -0.2) is 0 Å². The minimum absolute atomic E-state index is 0.489. The maximum atomic E-state index is 5.62. The van der Waals surface area contributed by atoms with Gasteiger partial charge >= 0.3 is 0 Å². The standard InChI is InChI=1S/C11H13ClSi/c1-9-5-6-10(2)11(8-9)4-3-7-13-12/h3-6,8H,7H2,1-2H3. The molecule has 2 radical (unpaired) electrons. The summed E-state index contributed by atoms with van der Waals surface area (Å²) in [5.41, 5.74) is 3.92. The second-order valence-corrected chi connectivity index (χ2v) is 4.58. The molecule has 0 nitrogen and oxygen atoms in total. The highest BCUT2D eigenvalue weighted by Crippen LogP contribution is 2.12. The molecule has 0 saturated heterocycles. The van der Waals surface area contributed by atoms with Crippen LogP contribution in [0, 0.1) is 13.8 Å². The molecule has 0 unspecified atom stereocenters. The average molecular weight is 209 g/mol. The van der Waals surface area contributed by atoms with Crippen LogP contribution >= 0.6 is 11.1 Å². The molecule has 0 fully saturated rings. The summed E-state index contributed by atoms with van der Waals surface area (Å²) in [5, 5.41) is 0. The van der Waals surface area contributed by atoms with Crippen LogP contribution in [-0.4, -0.2) is 8.83 Å². The minimum Gasteiger partial charge on any atom is -0.171 e.